The number of unbranched alkanes of at least 4 members (excludes halogenated alkanes) is 2. The van der Waals surface area contributed by atoms with E-state index in [4.69, 9.17) is 0 Å². The molecule has 1 aromatic rings. The lowest BCUT2D eigenvalue weighted by atomic mass is 10.1. The number of carbonyl (C=O) groups excluding carboxylic acids is 1. The van der Waals surface area contributed by atoms with Crippen molar-refractivity contribution in [2.24, 2.45) is 0 Å². The zero-order valence-corrected chi connectivity index (χ0v) is 12.0. The fraction of sp³-hybridized carbons (Fsp3) is 0.562. The first-order valence-electron chi connectivity index (χ1n) is 7.42. The summed E-state index contributed by atoms with van der Waals surface area (Å²) in [6.07, 6.45) is 5.00. The third-order valence-electron chi connectivity index (χ3n) is 3.75. The molecular formula is C16H24N2O. The maximum Gasteiger partial charge on any atom is 0.224 e. The summed E-state index contributed by atoms with van der Waals surface area (Å²) in [7, 11) is 0. The molecule has 0 spiro atoms. The highest BCUT2D eigenvalue weighted by atomic mass is 16.1. The predicted molar refractivity (Wildman–Crippen MR) is 80.8 cm³/mol. The lowest BCUT2D eigenvalue weighted by molar-refractivity contribution is -0.116. The number of likely N-dealkylation sites (N-methyl/N-ethyl adjacent to an activating group) is 1. The van der Waals surface area contributed by atoms with Crippen LogP contribution in [0.2, 0.25) is 0 Å². The number of anilines is 2. The average molecular weight is 260 g/mol. The smallest absolute Gasteiger partial charge is 0.224 e. The lowest BCUT2D eigenvalue weighted by Crippen LogP contribution is -2.19. The van der Waals surface area contributed by atoms with E-state index in [0.29, 0.717) is 6.42 Å². The molecule has 0 aliphatic carbocycles. The van der Waals surface area contributed by atoms with E-state index in [2.05, 4.69) is 36.2 Å². The Kier molecular flexibility index (Phi) is 4.83. The van der Waals surface area contributed by atoms with Crippen LogP contribution in [0, 0.1) is 0 Å². The maximum atomic E-state index is 11.8. The van der Waals surface area contributed by atoms with Crippen LogP contribution in [-0.4, -0.2) is 19.0 Å². The highest BCUT2D eigenvalue weighted by molar-refractivity contribution is 5.91. The van der Waals surface area contributed by atoms with Crippen LogP contribution in [0.1, 0.15) is 45.1 Å². The largest absolute Gasteiger partial charge is 0.371 e. The summed E-state index contributed by atoms with van der Waals surface area (Å²) in [4.78, 5) is 14.2. The van der Waals surface area contributed by atoms with E-state index in [9.17, 15) is 4.79 Å². The summed E-state index contributed by atoms with van der Waals surface area (Å²) >= 11 is 0. The number of rotatable bonds is 6. The van der Waals surface area contributed by atoms with Crippen LogP contribution in [0.25, 0.3) is 0 Å². The number of nitrogens with zero attached hydrogens (tertiary/aromatic N) is 1. The Balaban J connectivity index is 1.96. The second-order valence-corrected chi connectivity index (χ2v) is 5.18. The molecule has 19 heavy (non-hydrogen) atoms. The second kappa shape index (κ2) is 6.60. The van der Waals surface area contributed by atoms with Crippen LogP contribution in [-0.2, 0) is 11.2 Å². The third kappa shape index (κ3) is 3.49. The SMILES string of the molecule is CCCCCC(=O)Nc1ccc2c(c1)N(CC)CC2. The van der Waals surface area contributed by atoms with Crippen LogP contribution < -0.4 is 10.2 Å². The minimum atomic E-state index is 0.134. The fourth-order valence-electron chi connectivity index (χ4n) is 2.61. The minimum absolute atomic E-state index is 0.134. The van der Waals surface area contributed by atoms with Gasteiger partial charge in [-0.05, 0) is 37.5 Å². The van der Waals surface area contributed by atoms with Crippen LogP contribution in [0.4, 0.5) is 11.4 Å². The van der Waals surface area contributed by atoms with Gasteiger partial charge in [0.1, 0.15) is 0 Å². The van der Waals surface area contributed by atoms with Gasteiger partial charge in [0, 0.05) is 30.9 Å². The van der Waals surface area contributed by atoms with Gasteiger partial charge in [0.05, 0.1) is 0 Å². The van der Waals surface area contributed by atoms with E-state index < -0.39 is 0 Å². The topological polar surface area (TPSA) is 32.3 Å². The van der Waals surface area contributed by atoms with Crippen molar-refractivity contribution in [3.8, 4) is 0 Å². The second-order valence-electron chi connectivity index (χ2n) is 5.18. The molecule has 1 aromatic carbocycles. The molecule has 0 fully saturated rings. The monoisotopic (exact) mass is 260 g/mol. The Morgan fingerprint density at radius 1 is 1.32 bits per heavy atom. The molecule has 0 unspecified atom stereocenters. The highest BCUT2D eigenvalue weighted by Gasteiger charge is 2.17. The molecule has 1 amide bonds. The van der Waals surface area contributed by atoms with Crippen molar-refractivity contribution in [3.63, 3.8) is 0 Å². The molecule has 1 aliphatic rings. The summed E-state index contributed by atoms with van der Waals surface area (Å²) in [5.41, 5.74) is 3.61. The number of fused-ring (bicyclic) bond motifs is 1. The molecular weight excluding hydrogens is 236 g/mol. The number of amides is 1. The standard InChI is InChI=1S/C16H24N2O/c1-3-5-6-7-16(19)17-14-9-8-13-10-11-18(4-2)15(13)12-14/h8-9,12H,3-7,10-11H2,1-2H3,(H,17,19). The van der Waals surface area contributed by atoms with E-state index in [0.717, 1.165) is 44.5 Å². The van der Waals surface area contributed by atoms with Gasteiger partial charge in [0.2, 0.25) is 5.91 Å². The molecule has 1 N–H and O–H groups in total. The summed E-state index contributed by atoms with van der Waals surface area (Å²) < 4.78 is 0. The van der Waals surface area contributed by atoms with Crippen LogP contribution in [0.5, 0.6) is 0 Å². The van der Waals surface area contributed by atoms with Crippen LogP contribution >= 0.6 is 0 Å². The first kappa shape index (κ1) is 13.9. The summed E-state index contributed by atoms with van der Waals surface area (Å²) in [6.45, 7) is 6.45. The maximum absolute atomic E-state index is 11.8. The molecule has 0 bridgehead atoms. The summed E-state index contributed by atoms with van der Waals surface area (Å²) in [6, 6.07) is 6.28. The van der Waals surface area contributed by atoms with Gasteiger partial charge in [-0.1, -0.05) is 25.8 Å². The third-order valence-corrected chi connectivity index (χ3v) is 3.75. The normalized spacial score (nSPS) is 13.5. The van der Waals surface area contributed by atoms with E-state index >= 15 is 0 Å². The van der Waals surface area contributed by atoms with Gasteiger partial charge in [-0.15, -0.1) is 0 Å². The molecule has 0 aromatic heterocycles. The van der Waals surface area contributed by atoms with Crippen molar-refractivity contribution in [3.05, 3.63) is 23.8 Å². The molecule has 0 saturated heterocycles. The van der Waals surface area contributed by atoms with Gasteiger partial charge in [-0.25, -0.2) is 0 Å². The molecule has 3 heteroatoms. The number of nitrogens with one attached hydrogen (secondary N) is 1. The van der Waals surface area contributed by atoms with Crippen molar-refractivity contribution in [1.82, 2.24) is 0 Å². The van der Waals surface area contributed by atoms with Gasteiger partial charge in [-0.3, -0.25) is 4.79 Å². The lowest BCUT2D eigenvalue weighted by Gasteiger charge is -2.17. The summed E-state index contributed by atoms with van der Waals surface area (Å²) in [5.74, 6) is 0.134. The van der Waals surface area contributed by atoms with Crippen molar-refractivity contribution in [1.29, 1.82) is 0 Å². The Labute approximate surface area is 116 Å². The number of hydrogen-bond donors (Lipinski definition) is 1. The predicted octanol–water partition coefficient (Wildman–Crippen LogP) is 3.59. The van der Waals surface area contributed by atoms with Crippen molar-refractivity contribution in [2.45, 2.75) is 46.0 Å². The van der Waals surface area contributed by atoms with Crippen molar-refractivity contribution >= 4 is 17.3 Å². The zero-order chi connectivity index (χ0) is 13.7. The fourth-order valence-corrected chi connectivity index (χ4v) is 2.61. The molecule has 1 aliphatic heterocycles. The van der Waals surface area contributed by atoms with Crippen molar-refractivity contribution in [2.75, 3.05) is 23.3 Å². The zero-order valence-electron chi connectivity index (χ0n) is 12.0. The van der Waals surface area contributed by atoms with Gasteiger partial charge in [0.15, 0.2) is 0 Å². The Morgan fingerprint density at radius 2 is 2.16 bits per heavy atom. The average Bonchev–Trinajstić information content (AvgIpc) is 2.81. The first-order chi connectivity index (χ1) is 9.24. The summed E-state index contributed by atoms with van der Waals surface area (Å²) in [5, 5.41) is 3.01. The van der Waals surface area contributed by atoms with E-state index in [1.807, 2.05) is 6.07 Å². The van der Waals surface area contributed by atoms with Gasteiger partial charge in [0.25, 0.3) is 0 Å². The van der Waals surface area contributed by atoms with Gasteiger partial charge >= 0.3 is 0 Å². The molecule has 3 nitrogen and oxygen atoms in total. The van der Waals surface area contributed by atoms with Crippen LogP contribution in [0.3, 0.4) is 0 Å². The molecule has 104 valence electrons. The highest BCUT2D eigenvalue weighted by Crippen LogP contribution is 2.30. The Bertz CT molecular complexity index is 442. The number of benzene rings is 1. The molecule has 2 rings (SSSR count). The van der Waals surface area contributed by atoms with E-state index in [1.54, 1.807) is 0 Å². The molecule has 0 saturated carbocycles. The van der Waals surface area contributed by atoms with E-state index in [1.165, 1.54) is 11.3 Å². The molecule has 0 radical (unpaired) electrons. The van der Waals surface area contributed by atoms with Gasteiger partial charge in [-0.2, -0.15) is 0 Å². The number of hydrogen-bond acceptors (Lipinski definition) is 2. The molecule has 1 heterocycles. The van der Waals surface area contributed by atoms with E-state index in [-0.39, 0.29) is 5.91 Å². The van der Waals surface area contributed by atoms with Gasteiger partial charge < -0.3 is 10.2 Å². The number of carbonyl (C=O) groups is 1. The van der Waals surface area contributed by atoms with Crippen LogP contribution in [0.15, 0.2) is 18.2 Å². The Hall–Kier alpha value is -1.51. The van der Waals surface area contributed by atoms with Crippen molar-refractivity contribution < 1.29 is 4.79 Å². The minimum Gasteiger partial charge on any atom is -0.371 e. The quantitative estimate of drug-likeness (QED) is 0.793. The first-order valence-corrected chi connectivity index (χ1v) is 7.42. The molecule has 0 atom stereocenters. The Morgan fingerprint density at radius 3 is 2.89 bits per heavy atom.